The summed E-state index contributed by atoms with van der Waals surface area (Å²) in [7, 11) is 3.90. The van der Waals surface area contributed by atoms with Crippen LogP contribution in [0.3, 0.4) is 0 Å². The summed E-state index contributed by atoms with van der Waals surface area (Å²) in [5.74, 6) is 0.564. The maximum Gasteiger partial charge on any atom is 0.213 e. The Kier molecular flexibility index (Phi) is 7.31. The fraction of sp³-hybridized carbons (Fsp3) is 0.458. The second kappa shape index (κ2) is 10.2. The smallest absolute Gasteiger partial charge is 0.213 e. The fourth-order valence-corrected chi connectivity index (χ4v) is 4.89. The predicted molar refractivity (Wildman–Crippen MR) is 135 cm³/mol. The average Bonchev–Trinajstić information content (AvgIpc) is 2.82. The number of nitrogens with zero attached hydrogens (tertiary/aromatic N) is 6. The predicted octanol–water partition coefficient (Wildman–Crippen LogP) is 3.82. The molecule has 8 nitrogen and oxygen atoms in total. The molecule has 2 aliphatic rings. The third-order valence-electron chi connectivity index (χ3n) is 6.61. The van der Waals surface area contributed by atoms with Gasteiger partial charge in [-0.25, -0.2) is 9.97 Å². The molecule has 0 aromatic carbocycles. The highest BCUT2D eigenvalue weighted by molar-refractivity contribution is 7.80. The van der Waals surface area contributed by atoms with E-state index in [1.807, 2.05) is 23.1 Å². The summed E-state index contributed by atoms with van der Waals surface area (Å²) in [5, 5.41) is 9.77. The molecule has 1 saturated carbocycles. The average molecular weight is 499 g/mol. The van der Waals surface area contributed by atoms with Crippen LogP contribution in [0, 0.1) is 11.3 Å². The molecule has 0 N–H and O–H groups in total. The third-order valence-corrected chi connectivity index (χ3v) is 7.36. The van der Waals surface area contributed by atoms with Gasteiger partial charge in [-0.2, -0.15) is 5.26 Å². The molecule has 0 radical (unpaired) electrons. The van der Waals surface area contributed by atoms with Crippen molar-refractivity contribution < 1.29 is 9.53 Å². The van der Waals surface area contributed by atoms with Gasteiger partial charge >= 0.3 is 0 Å². The molecule has 2 aromatic rings. The summed E-state index contributed by atoms with van der Waals surface area (Å²) in [4.78, 5) is 26.8. The summed E-state index contributed by atoms with van der Waals surface area (Å²) < 4.78 is 6.08. The van der Waals surface area contributed by atoms with Gasteiger partial charge < -0.3 is 24.2 Å². The van der Waals surface area contributed by atoms with E-state index in [0.717, 1.165) is 38.6 Å². The van der Waals surface area contributed by atoms with Crippen LogP contribution in [-0.4, -0.2) is 65.1 Å². The Labute approximate surface area is 210 Å². The maximum atomic E-state index is 12.2. The molecule has 2 fully saturated rings. The van der Waals surface area contributed by atoms with Crippen molar-refractivity contribution in [3.63, 3.8) is 0 Å². The zero-order chi connectivity index (χ0) is 24.3. The SMILES string of the molecule is CN1CCC(Oc2ccc(N(C(=S)N(C)c3cnc(C#N)c(Cl)c3)C3(C=O)CCC3)cn2)CC1. The van der Waals surface area contributed by atoms with Gasteiger partial charge in [0, 0.05) is 26.2 Å². The highest BCUT2D eigenvalue weighted by Crippen LogP contribution is 2.40. The molecule has 0 atom stereocenters. The van der Waals surface area contributed by atoms with E-state index in [2.05, 4.69) is 21.9 Å². The third kappa shape index (κ3) is 4.85. The fourth-order valence-electron chi connectivity index (χ4n) is 4.29. The lowest BCUT2D eigenvalue weighted by Crippen LogP contribution is -2.60. The molecular formula is C24H27ClN6O2S. The summed E-state index contributed by atoms with van der Waals surface area (Å²) >= 11 is 12.0. The van der Waals surface area contributed by atoms with E-state index in [9.17, 15) is 4.79 Å². The van der Waals surface area contributed by atoms with Crippen LogP contribution in [0.25, 0.3) is 0 Å². The summed E-state index contributed by atoms with van der Waals surface area (Å²) in [5.41, 5.74) is 0.753. The molecule has 0 amide bonds. The van der Waals surface area contributed by atoms with E-state index in [1.165, 1.54) is 0 Å². The molecule has 1 aliphatic carbocycles. The van der Waals surface area contributed by atoms with Crippen LogP contribution >= 0.6 is 23.8 Å². The number of carbonyl (C=O) groups excluding carboxylic acids is 1. The first-order chi connectivity index (χ1) is 16.4. The van der Waals surface area contributed by atoms with Crippen LogP contribution in [-0.2, 0) is 4.79 Å². The number of anilines is 2. The Morgan fingerprint density at radius 1 is 1.29 bits per heavy atom. The van der Waals surface area contributed by atoms with Crippen molar-refractivity contribution in [2.24, 2.45) is 0 Å². The van der Waals surface area contributed by atoms with Crippen LogP contribution in [0.5, 0.6) is 5.88 Å². The van der Waals surface area contributed by atoms with Gasteiger partial charge in [0.2, 0.25) is 5.88 Å². The molecule has 178 valence electrons. The Morgan fingerprint density at radius 2 is 2.00 bits per heavy atom. The van der Waals surface area contributed by atoms with Crippen molar-refractivity contribution in [3.8, 4) is 11.9 Å². The molecule has 4 rings (SSSR count). The van der Waals surface area contributed by atoms with Crippen LogP contribution < -0.4 is 14.5 Å². The van der Waals surface area contributed by atoms with Crippen LogP contribution in [0.1, 0.15) is 37.8 Å². The number of aromatic nitrogens is 2. The second-order valence-electron chi connectivity index (χ2n) is 8.86. The summed E-state index contributed by atoms with van der Waals surface area (Å²) in [6.45, 7) is 2.01. The number of ether oxygens (including phenoxy) is 1. The first kappa shape index (κ1) is 24.3. The molecule has 10 heteroatoms. The number of hydrogen-bond donors (Lipinski definition) is 0. The monoisotopic (exact) mass is 498 g/mol. The highest BCUT2D eigenvalue weighted by Gasteiger charge is 2.45. The normalized spacial score (nSPS) is 17.8. The lowest BCUT2D eigenvalue weighted by molar-refractivity contribution is -0.114. The lowest BCUT2D eigenvalue weighted by atomic mass is 9.76. The van der Waals surface area contributed by atoms with Crippen molar-refractivity contribution >= 4 is 46.6 Å². The van der Waals surface area contributed by atoms with E-state index in [0.29, 0.717) is 35.2 Å². The van der Waals surface area contributed by atoms with Gasteiger partial charge in [0.15, 0.2) is 10.8 Å². The van der Waals surface area contributed by atoms with Gasteiger partial charge in [-0.3, -0.25) is 0 Å². The molecule has 3 heterocycles. The number of likely N-dealkylation sites (tertiary alicyclic amines) is 1. The zero-order valence-electron chi connectivity index (χ0n) is 19.3. The molecular weight excluding hydrogens is 472 g/mol. The minimum Gasteiger partial charge on any atom is -0.474 e. The standard InChI is InChI=1S/C24H27ClN6O2S/c1-29-10-6-19(7-11-29)33-22-5-4-17(14-28-22)31(24(16-32)8-3-9-24)23(34)30(2)18-12-20(25)21(13-26)27-15-18/h4-5,12,14-16,19H,3,6-11H2,1-2H3. The van der Waals surface area contributed by atoms with Crippen LogP contribution in [0.15, 0.2) is 30.6 Å². The number of piperidine rings is 1. The number of carbonyl (C=O) groups is 1. The summed E-state index contributed by atoms with van der Waals surface area (Å²) in [6.07, 6.45) is 8.65. The van der Waals surface area contributed by atoms with Crippen molar-refractivity contribution in [2.75, 3.05) is 37.0 Å². The molecule has 0 spiro atoms. The number of thiocarbonyl (C=S) groups is 1. The molecule has 1 aliphatic heterocycles. The molecule has 2 aromatic heterocycles. The van der Waals surface area contributed by atoms with Crippen LogP contribution in [0.2, 0.25) is 5.02 Å². The largest absolute Gasteiger partial charge is 0.474 e. The Bertz CT molecular complexity index is 1090. The number of nitriles is 1. The minimum atomic E-state index is -0.729. The zero-order valence-corrected chi connectivity index (χ0v) is 20.8. The van der Waals surface area contributed by atoms with Gasteiger partial charge in [0.25, 0.3) is 0 Å². The van der Waals surface area contributed by atoms with Crippen molar-refractivity contribution in [2.45, 2.75) is 43.7 Å². The number of rotatable bonds is 6. The van der Waals surface area contributed by atoms with Gasteiger partial charge in [0.1, 0.15) is 24.0 Å². The van der Waals surface area contributed by atoms with Crippen molar-refractivity contribution in [1.82, 2.24) is 14.9 Å². The van der Waals surface area contributed by atoms with Gasteiger partial charge in [-0.05, 0) is 63.5 Å². The Balaban J connectivity index is 1.58. The van der Waals surface area contributed by atoms with Gasteiger partial charge in [0.05, 0.1) is 28.8 Å². The molecule has 0 unspecified atom stereocenters. The molecule has 1 saturated heterocycles. The van der Waals surface area contributed by atoms with E-state index in [1.54, 1.807) is 30.4 Å². The van der Waals surface area contributed by atoms with Crippen molar-refractivity contribution in [1.29, 1.82) is 5.26 Å². The highest BCUT2D eigenvalue weighted by atomic mass is 35.5. The van der Waals surface area contributed by atoms with E-state index in [-0.39, 0.29) is 16.8 Å². The maximum absolute atomic E-state index is 12.2. The lowest BCUT2D eigenvalue weighted by Gasteiger charge is -2.48. The number of pyridine rings is 2. The van der Waals surface area contributed by atoms with Crippen molar-refractivity contribution in [3.05, 3.63) is 41.3 Å². The number of hydrogen-bond acceptors (Lipinski definition) is 7. The van der Waals surface area contributed by atoms with Crippen LogP contribution in [0.4, 0.5) is 11.4 Å². The number of aldehydes is 1. The van der Waals surface area contributed by atoms with Gasteiger partial charge in [-0.1, -0.05) is 11.6 Å². The van der Waals surface area contributed by atoms with E-state index < -0.39 is 5.54 Å². The van der Waals surface area contributed by atoms with Gasteiger partial charge in [-0.15, -0.1) is 0 Å². The minimum absolute atomic E-state index is 0.148. The summed E-state index contributed by atoms with van der Waals surface area (Å²) in [6, 6.07) is 7.32. The number of halogens is 1. The molecule has 34 heavy (non-hydrogen) atoms. The topological polar surface area (TPSA) is 85.6 Å². The second-order valence-corrected chi connectivity index (χ2v) is 9.64. The Morgan fingerprint density at radius 3 is 2.53 bits per heavy atom. The van der Waals surface area contributed by atoms with E-state index in [4.69, 9.17) is 33.8 Å². The molecule has 0 bridgehead atoms. The first-order valence-electron chi connectivity index (χ1n) is 11.3. The van der Waals surface area contributed by atoms with E-state index >= 15 is 0 Å². The first-order valence-corrected chi connectivity index (χ1v) is 12.1. The Hall–Kier alpha value is -2.80. The quantitative estimate of drug-likeness (QED) is 0.435.